The van der Waals surface area contributed by atoms with Gasteiger partial charge in [0.25, 0.3) is 5.56 Å². The van der Waals surface area contributed by atoms with Crippen molar-refractivity contribution in [2.24, 2.45) is 7.05 Å². The van der Waals surface area contributed by atoms with Crippen molar-refractivity contribution >= 4 is 44.8 Å². The smallest absolute Gasteiger partial charge is 0.287 e. The van der Waals surface area contributed by atoms with Gasteiger partial charge in [-0.1, -0.05) is 42.3 Å². The van der Waals surface area contributed by atoms with Crippen molar-refractivity contribution in [1.29, 1.82) is 0 Å². The van der Waals surface area contributed by atoms with Gasteiger partial charge >= 0.3 is 5.69 Å². The van der Waals surface area contributed by atoms with Crippen LogP contribution < -0.4 is 11.2 Å². The molecule has 4 nitrogen and oxygen atoms in total. The van der Waals surface area contributed by atoms with Gasteiger partial charge in [0.2, 0.25) is 0 Å². The van der Waals surface area contributed by atoms with E-state index in [1.165, 1.54) is 20.5 Å². The molecular weight excluding hydrogens is 367 g/mol. The van der Waals surface area contributed by atoms with E-state index in [1.807, 2.05) is 26.0 Å². The van der Waals surface area contributed by atoms with Crippen LogP contribution in [0.1, 0.15) is 18.9 Å². The summed E-state index contributed by atoms with van der Waals surface area (Å²) in [6.07, 6.45) is 0.719. The first-order chi connectivity index (χ1) is 11.4. The van der Waals surface area contributed by atoms with E-state index in [1.54, 1.807) is 13.1 Å². The Morgan fingerprint density at radius 3 is 2.58 bits per heavy atom. The van der Waals surface area contributed by atoms with Gasteiger partial charge in [0.05, 0.1) is 15.4 Å². The highest BCUT2D eigenvalue weighted by atomic mass is 35.5. The number of benzene rings is 1. The Balaban J connectivity index is 2.43. The predicted octanol–water partition coefficient (Wildman–Crippen LogP) is 4.45. The van der Waals surface area contributed by atoms with Gasteiger partial charge in [-0.05, 0) is 25.0 Å². The molecule has 0 saturated carbocycles. The Hall–Kier alpha value is -1.56. The molecule has 0 amide bonds. The molecular formula is C17H16Cl2N2O2S. The number of rotatable bonds is 3. The zero-order chi connectivity index (χ0) is 17.6. The average Bonchev–Trinajstić information content (AvgIpc) is 2.90. The highest BCUT2D eigenvalue weighted by molar-refractivity contribution is 7.22. The van der Waals surface area contributed by atoms with Crippen LogP contribution in [0, 0.1) is 6.92 Å². The molecule has 0 radical (unpaired) electrons. The predicted molar refractivity (Wildman–Crippen MR) is 102 cm³/mol. The molecule has 2 heterocycles. The first-order valence-electron chi connectivity index (χ1n) is 7.55. The third kappa shape index (κ3) is 2.51. The summed E-state index contributed by atoms with van der Waals surface area (Å²) >= 11 is 13.9. The van der Waals surface area contributed by atoms with Crippen molar-refractivity contribution in [1.82, 2.24) is 9.13 Å². The second kappa shape index (κ2) is 6.39. The molecule has 0 unspecified atom stereocenters. The van der Waals surface area contributed by atoms with E-state index in [4.69, 9.17) is 23.2 Å². The maximum absolute atomic E-state index is 12.8. The van der Waals surface area contributed by atoms with Gasteiger partial charge in [0.1, 0.15) is 4.83 Å². The number of thiophene rings is 1. The highest BCUT2D eigenvalue weighted by Gasteiger charge is 2.20. The Morgan fingerprint density at radius 1 is 1.21 bits per heavy atom. The van der Waals surface area contributed by atoms with E-state index < -0.39 is 0 Å². The van der Waals surface area contributed by atoms with Crippen molar-refractivity contribution in [2.75, 3.05) is 0 Å². The molecule has 7 heteroatoms. The topological polar surface area (TPSA) is 44.0 Å². The van der Waals surface area contributed by atoms with Gasteiger partial charge in [-0.3, -0.25) is 13.9 Å². The van der Waals surface area contributed by atoms with Crippen LogP contribution in [0.2, 0.25) is 10.0 Å². The molecule has 0 spiro atoms. The Morgan fingerprint density at radius 2 is 1.92 bits per heavy atom. The Bertz CT molecular complexity index is 1060. The van der Waals surface area contributed by atoms with Crippen LogP contribution in [-0.2, 0) is 13.6 Å². The number of halogens is 2. The van der Waals surface area contributed by atoms with E-state index in [0.29, 0.717) is 26.8 Å². The molecule has 24 heavy (non-hydrogen) atoms. The largest absolute Gasteiger partial charge is 0.331 e. The average molecular weight is 383 g/mol. The van der Waals surface area contributed by atoms with Crippen LogP contribution in [-0.4, -0.2) is 9.13 Å². The van der Waals surface area contributed by atoms with Crippen LogP contribution in [0.5, 0.6) is 0 Å². The molecule has 0 aliphatic rings. The minimum absolute atomic E-state index is 0.242. The maximum Gasteiger partial charge on any atom is 0.331 e. The van der Waals surface area contributed by atoms with Crippen molar-refractivity contribution in [3.8, 4) is 10.4 Å². The summed E-state index contributed by atoms with van der Waals surface area (Å²) in [4.78, 5) is 26.8. The summed E-state index contributed by atoms with van der Waals surface area (Å²) in [6, 6.07) is 5.41. The molecule has 0 saturated heterocycles. The van der Waals surface area contributed by atoms with Crippen molar-refractivity contribution in [3.63, 3.8) is 0 Å². The standard InChI is InChI=1S/C17H16Cl2N2O2S/c1-4-8-21-15(22)12-9(2)14(24-16(12)20(3)17(21)23)10-6-5-7-11(18)13(10)19/h5-7H,4,8H2,1-3H3. The first kappa shape index (κ1) is 17.3. The summed E-state index contributed by atoms with van der Waals surface area (Å²) in [5.74, 6) is 0. The van der Waals surface area contributed by atoms with Crippen LogP contribution in [0.3, 0.4) is 0 Å². The fraction of sp³-hybridized carbons (Fsp3) is 0.294. The second-order valence-electron chi connectivity index (χ2n) is 5.64. The lowest BCUT2D eigenvalue weighted by atomic mass is 10.1. The van der Waals surface area contributed by atoms with Crippen LogP contribution in [0.4, 0.5) is 0 Å². The summed E-state index contributed by atoms with van der Waals surface area (Å²) in [7, 11) is 1.69. The van der Waals surface area contributed by atoms with E-state index >= 15 is 0 Å². The van der Waals surface area contributed by atoms with E-state index in [0.717, 1.165) is 22.4 Å². The number of aromatic nitrogens is 2. The lowest BCUT2D eigenvalue weighted by molar-refractivity contribution is 0.596. The van der Waals surface area contributed by atoms with Crippen molar-refractivity contribution < 1.29 is 0 Å². The van der Waals surface area contributed by atoms with E-state index in [9.17, 15) is 9.59 Å². The monoisotopic (exact) mass is 382 g/mol. The lowest BCUT2D eigenvalue weighted by Gasteiger charge is -2.07. The van der Waals surface area contributed by atoms with Crippen LogP contribution in [0.25, 0.3) is 20.7 Å². The van der Waals surface area contributed by atoms with E-state index in [2.05, 4.69) is 0 Å². The van der Waals surface area contributed by atoms with E-state index in [-0.39, 0.29) is 11.2 Å². The molecule has 126 valence electrons. The van der Waals surface area contributed by atoms with Crippen LogP contribution >= 0.6 is 34.5 Å². The number of hydrogen-bond acceptors (Lipinski definition) is 3. The normalized spacial score (nSPS) is 11.4. The molecule has 0 aliphatic carbocycles. The maximum atomic E-state index is 12.8. The number of fused-ring (bicyclic) bond motifs is 1. The Labute approximate surface area is 152 Å². The minimum atomic E-state index is -0.292. The molecule has 2 aromatic heterocycles. The number of nitrogens with zero attached hydrogens (tertiary/aromatic N) is 2. The highest BCUT2D eigenvalue weighted by Crippen LogP contribution is 2.41. The number of hydrogen-bond donors (Lipinski definition) is 0. The van der Waals surface area contributed by atoms with Gasteiger partial charge in [0.15, 0.2) is 0 Å². The van der Waals surface area contributed by atoms with Gasteiger partial charge in [-0.2, -0.15) is 0 Å². The zero-order valence-corrected chi connectivity index (χ0v) is 15.8. The summed E-state index contributed by atoms with van der Waals surface area (Å²) in [6.45, 7) is 4.23. The molecule has 0 aliphatic heterocycles. The third-order valence-corrected chi connectivity index (χ3v) is 6.27. The Kier molecular flexibility index (Phi) is 4.60. The van der Waals surface area contributed by atoms with Crippen molar-refractivity contribution in [2.45, 2.75) is 26.8 Å². The fourth-order valence-electron chi connectivity index (χ4n) is 2.83. The van der Waals surface area contributed by atoms with Crippen molar-refractivity contribution in [3.05, 3.63) is 54.6 Å². The van der Waals surface area contributed by atoms with Gasteiger partial charge < -0.3 is 0 Å². The summed E-state index contributed by atoms with van der Waals surface area (Å²) < 4.78 is 2.83. The first-order valence-corrected chi connectivity index (χ1v) is 9.13. The minimum Gasteiger partial charge on any atom is -0.287 e. The summed E-state index contributed by atoms with van der Waals surface area (Å²) in [5, 5.41) is 1.48. The zero-order valence-electron chi connectivity index (χ0n) is 13.5. The molecule has 0 atom stereocenters. The molecule has 1 aromatic carbocycles. The van der Waals surface area contributed by atoms with Gasteiger partial charge in [-0.15, -0.1) is 11.3 Å². The lowest BCUT2D eigenvalue weighted by Crippen LogP contribution is -2.38. The molecule has 3 aromatic rings. The molecule has 3 rings (SSSR count). The second-order valence-corrected chi connectivity index (χ2v) is 7.42. The molecule has 0 N–H and O–H groups in total. The van der Waals surface area contributed by atoms with Gasteiger partial charge in [-0.25, -0.2) is 4.79 Å². The SMILES string of the molecule is CCCn1c(=O)c2c(C)c(-c3cccc(Cl)c3Cl)sc2n(C)c1=O. The van der Waals surface area contributed by atoms with Crippen LogP contribution in [0.15, 0.2) is 27.8 Å². The number of aryl methyl sites for hydroxylation is 2. The third-order valence-electron chi connectivity index (χ3n) is 4.05. The van der Waals surface area contributed by atoms with Gasteiger partial charge in [0, 0.05) is 24.0 Å². The summed E-state index contributed by atoms with van der Waals surface area (Å²) in [5.41, 5.74) is 1.06. The quantitative estimate of drug-likeness (QED) is 0.671. The molecule has 0 bridgehead atoms. The molecule has 0 fully saturated rings. The fourth-order valence-corrected chi connectivity index (χ4v) is 4.57.